The summed E-state index contributed by atoms with van der Waals surface area (Å²) in [4.78, 5) is 12.2. The Bertz CT molecular complexity index is 919. The van der Waals surface area contributed by atoms with Crippen molar-refractivity contribution >= 4 is 27.5 Å². The lowest BCUT2D eigenvalue weighted by atomic mass is 10.1. The maximum Gasteiger partial charge on any atom is 0.243 e. The van der Waals surface area contributed by atoms with Gasteiger partial charge in [-0.25, -0.2) is 12.8 Å². The normalized spacial score (nSPS) is 12.7. The summed E-state index contributed by atoms with van der Waals surface area (Å²) in [5.74, 6) is -0.511. The zero-order valence-corrected chi connectivity index (χ0v) is 16.6. The van der Waals surface area contributed by atoms with Crippen LogP contribution in [0, 0.1) is 5.82 Å². The molecule has 0 saturated carbocycles. The van der Waals surface area contributed by atoms with Crippen molar-refractivity contribution < 1.29 is 22.3 Å². The summed E-state index contributed by atoms with van der Waals surface area (Å²) in [7, 11) is -1.18. The Morgan fingerprint density at radius 3 is 2.44 bits per heavy atom. The van der Waals surface area contributed by atoms with Crippen molar-refractivity contribution in [1.82, 2.24) is 9.62 Å². The van der Waals surface area contributed by atoms with E-state index in [1.165, 1.54) is 44.5 Å². The molecule has 27 heavy (non-hydrogen) atoms. The van der Waals surface area contributed by atoms with E-state index >= 15 is 0 Å². The largest absolute Gasteiger partial charge is 0.495 e. The lowest BCUT2D eigenvalue weighted by Crippen LogP contribution is -2.39. The Kier molecular flexibility index (Phi) is 6.80. The first-order valence-electron chi connectivity index (χ1n) is 8.00. The van der Waals surface area contributed by atoms with Crippen molar-refractivity contribution in [3.8, 4) is 5.75 Å². The fourth-order valence-electron chi connectivity index (χ4n) is 2.40. The van der Waals surface area contributed by atoms with Gasteiger partial charge >= 0.3 is 0 Å². The number of ether oxygens (including phenoxy) is 1. The lowest BCUT2D eigenvalue weighted by molar-refractivity contribution is -0.121. The van der Waals surface area contributed by atoms with E-state index in [1.54, 1.807) is 19.1 Å². The Hall–Kier alpha value is -2.16. The molecule has 0 fully saturated rings. The average Bonchev–Trinajstić information content (AvgIpc) is 2.61. The molecule has 9 heteroatoms. The highest BCUT2D eigenvalue weighted by Crippen LogP contribution is 2.28. The number of nitrogens with one attached hydrogen (secondary N) is 1. The molecule has 1 amide bonds. The maximum atomic E-state index is 13.0. The van der Waals surface area contributed by atoms with Crippen LogP contribution in [0.25, 0.3) is 0 Å². The molecule has 0 radical (unpaired) electrons. The third-order valence-corrected chi connectivity index (χ3v) is 6.04. The molecule has 6 nitrogen and oxygen atoms in total. The van der Waals surface area contributed by atoms with Crippen LogP contribution in [-0.2, 0) is 14.8 Å². The molecule has 0 unspecified atom stereocenters. The first kappa shape index (κ1) is 21.1. The molecule has 1 atom stereocenters. The molecule has 2 aromatic rings. The number of hydrogen-bond acceptors (Lipinski definition) is 4. The standard InChI is InChI=1S/C18H20ClFN2O4S/c1-12(13-4-6-14(20)7-5-13)21-18(23)11-22(2)27(24,25)15-8-9-17(26-3)16(19)10-15/h4-10,12H,11H2,1-3H3,(H,21,23)/t12-/m0/s1. The molecular formula is C18H20ClFN2O4S. The van der Waals surface area contributed by atoms with Crippen LogP contribution in [0.4, 0.5) is 4.39 Å². The van der Waals surface area contributed by atoms with Crippen LogP contribution in [0.2, 0.25) is 5.02 Å². The zero-order valence-electron chi connectivity index (χ0n) is 15.1. The van der Waals surface area contributed by atoms with Crippen LogP contribution in [0.5, 0.6) is 5.75 Å². The van der Waals surface area contributed by atoms with Crippen molar-refractivity contribution in [1.29, 1.82) is 0 Å². The smallest absolute Gasteiger partial charge is 0.243 e. The highest BCUT2D eigenvalue weighted by atomic mass is 35.5. The molecule has 146 valence electrons. The summed E-state index contributed by atoms with van der Waals surface area (Å²) >= 11 is 5.98. The van der Waals surface area contributed by atoms with Crippen LogP contribution in [0.1, 0.15) is 18.5 Å². The molecule has 0 saturated heterocycles. The molecule has 2 aromatic carbocycles. The van der Waals surface area contributed by atoms with Gasteiger partial charge < -0.3 is 10.1 Å². The topological polar surface area (TPSA) is 75.7 Å². The fourth-order valence-corrected chi connectivity index (χ4v) is 3.87. The van der Waals surface area contributed by atoms with Gasteiger partial charge in [-0.15, -0.1) is 0 Å². The first-order chi connectivity index (χ1) is 12.6. The van der Waals surface area contributed by atoms with E-state index < -0.39 is 22.0 Å². The van der Waals surface area contributed by atoms with Gasteiger partial charge in [-0.3, -0.25) is 4.79 Å². The second kappa shape index (κ2) is 8.69. The van der Waals surface area contributed by atoms with Crippen LogP contribution in [0.3, 0.4) is 0 Å². The zero-order chi connectivity index (χ0) is 20.2. The summed E-state index contributed by atoms with van der Waals surface area (Å²) < 4.78 is 44.1. The number of methoxy groups -OCH3 is 1. The van der Waals surface area contributed by atoms with E-state index in [-0.39, 0.29) is 22.3 Å². The van der Waals surface area contributed by atoms with Gasteiger partial charge in [0.1, 0.15) is 11.6 Å². The van der Waals surface area contributed by atoms with Crippen molar-refractivity contribution in [2.24, 2.45) is 0 Å². The van der Waals surface area contributed by atoms with Crippen molar-refractivity contribution in [2.45, 2.75) is 17.9 Å². The predicted molar refractivity (Wildman–Crippen MR) is 101 cm³/mol. The summed E-state index contributed by atoms with van der Waals surface area (Å²) in [6, 6.07) is 9.37. The van der Waals surface area contributed by atoms with Crippen LogP contribution < -0.4 is 10.1 Å². The molecular weight excluding hydrogens is 395 g/mol. The Balaban J connectivity index is 2.06. The number of hydrogen-bond donors (Lipinski definition) is 1. The molecule has 0 aliphatic rings. The monoisotopic (exact) mass is 414 g/mol. The summed E-state index contributed by atoms with van der Waals surface area (Å²) in [6.45, 7) is 1.35. The number of likely N-dealkylation sites (N-methyl/N-ethyl adjacent to an activating group) is 1. The Morgan fingerprint density at radius 1 is 1.26 bits per heavy atom. The second-order valence-corrected chi connectivity index (χ2v) is 8.35. The highest BCUT2D eigenvalue weighted by Gasteiger charge is 2.24. The summed E-state index contributed by atoms with van der Waals surface area (Å²) in [5.41, 5.74) is 0.706. The van der Waals surface area contributed by atoms with E-state index in [4.69, 9.17) is 16.3 Å². The van der Waals surface area contributed by atoms with Gasteiger partial charge in [0, 0.05) is 7.05 Å². The Labute approximate surface area is 162 Å². The van der Waals surface area contributed by atoms with E-state index in [9.17, 15) is 17.6 Å². The number of sulfonamides is 1. The lowest BCUT2D eigenvalue weighted by Gasteiger charge is -2.20. The van der Waals surface area contributed by atoms with Crippen molar-refractivity contribution in [3.63, 3.8) is 0 Å². The van der Waals surface area contributed by atoms with Crippen LogP contribution >= 0.6 is 11.6 Å². The average molecular weight is 415 g/mol. The molecule has 0 aromatic heterocycles. The molecule has 0 aliphatic carbocycles. The van der Waals surface area contributed by atoms with Gasteiger partial charge in [-0.1, -0.05) is 23.7 Å². The van der Waals surface area contributed by atoms with Gasteiger partial charge in [0.05, 0.1) is 29.6 Å². The van der Waals surface area contributed by atoms with Gasteiger partial charge in [0.25, 0.3) is 0 Å². The number of halogens is 2. The molecule has 0 heterocycles. The minimum atomic E-state index is -3.90. The molecule has 1 N–H and O–H groups in total. The third-order valence-electron chi connectivity index (χ3n) is 3.95. The maximum absolute atomic E-state index is 13.0. The van der Waals surface area contributed by atoms with Crippen molar-refractivity contribution in [3.05, 3.63) is 58.9 Å². The molecule has 0 spiro atoms. The number of rotatable bonds is 7. The van der Waals surface area contributed by atoms with E-state index in [1.807, 2.05) is 0 Å². The Morgan fingerprint density at radius 2 is 1.89 bits per heavy atom. The van der Waals surface area contributed by atoms with Crippen LogP contribution in [0.15, 0.2) is 47.4 Å². The minimum Gasteiger partial charge on any atom is -0.495 e. The van der Waals surface area contributed by atoms with Crippen LogP contribution in [-0.4, -0.2) is 39.3 Å². The van der Waals surface area contributed by atoms with Gasteiger partial charge in [-0.05, 0) is 42.8 Å². The number of carbonyl (C=O) groups excluding carboxylic acids is 1. The number of amides is 1. The molecule has 2 rings (SSSR count). The fraction of sp³-hybridized carbons (Fsp3) is 0.278. The number of benzene rings is 2. The molecule has 0 aliphatic heterocycles. The highest BCUT2D eigenvalue weighted by molar-refractivity contribution is 7.89. The van der Waals surface area contributed by atoms with Gasteiger partial charge in [0.2, 0.25) is 15.9 Å². The molecule has 0 bridgehead atoms. The predicted octanol–water partition coefficient (Wildman–Crippen LogP) is 2.99. The quantitative estimate of drug-likeness (QED) is 0.755. The summed E-state index contributed by atoms with van der Waals surface area (Å²) in [6.07, 6.45) is 0. The van der Waals surface area contributed by atoms with E-state index in [2.05, 4.69) is 5.32 Å². The third kappa shape index (κ3) is 5.18. The van der Waals surface area contributed by atoms with Gasteiger partial charge in [0.15, 0.2) is 0 Å². The SMILES string of the molecule is COc1ccc(S(=O)(=O)N(C)CC(=O)N[C@@H](C)c2ccc(F)cc2)cc1Cl. The second-order valence-electron chi connectivity index (χ2n) is 5.90. The van der Waals surface area contributed by atoms with Crippen molar-refractivity contribution in [2.75, 3.05) is 20.7 Å². The first-order valence-corrected chi connectivity index (χ1v) is 9.81. The number of carbonyl (C=O) groups is 1. The number of nitrogens with zero attached hydrogens (tertiary/aromatic N) is 1. The van der Waals surface area contributed by atoms with Gasteiger partial charge in [-0.2, -0.15) is 4.31 Å². The van der Waals surface area contributed by atoms with E-state index in [0.29, 0.717) is 11.3 Å². The minimum absolute atomic E-state index is 0.0461. The van der Waals surface area contributed by atoms with E-state index in [0.717, 1.165) is 4.31 Å². The summed E-state index contributed by atoms with van der Waals surface area (Å²) in [5, 5.41) is 2.84.